The molecule has 0 unspecified atom stereocenters. The minimum absolute atomic E-state index is 0.305. The summed E-state index contributed by atoms with van der Waals surface area (Å²) in [5, 5.41) is 17.5. The summed E-state index contributed by atoms with van der Waals surface area (Å²) in [6.07, 6.45) is 1.72. The van der Waals surface area contributed by atoms with Gasteiger partial charge in [0, 0.05) is 6.04 Å². The molecule has 0 radical (unpaired) electrons. The molecule has 0 spiro atoms. The zero-order valence-corrected chi connectivity index (χ0v) is 13.7. The lowest BCUT2D eigenvalue weighted by atomic mass is 10.2. The van der Waals surface area contributed by atoms with E-state index in [0.29, 0.717) is 28.6 Å². The first-order valence-corrected chi connectivity index (χ1v) is 8.11. The summed E-state index contributed by atoms with van der Waals surface area (Å²) in [7, 11) is 0. The predicted octanol–water partition coefficient (Wildman–Crippen LogP) is 3.85. The molecule has 0 aliphatic rings. The normalized spacial score (nSPS) is 11.3. The Hall–Kier alpha value is -1.86. The van der Waals surface area contributed by atoms with Crippen LogP contribution >= 0.6 is 23.4 Å². The van der Waals surface area contributed by atoms with Gasteiger partial charge in [-0.1, -0.05) is 35.5 Å². The molecule has 0 fully saturated rings. The Morgan fingerprint density at radius 2 is 2.05 bits per heavy atom. The molecule has 22 heavy (non-hydrogen) atoms. The SMILES string of the molecule is CC(C)n1cnnc1SCc1nnc(-c2ccccc2Cl)o1. The Kier molecular flexibility index (Phi) is 4.44. The predicted molar refractivity (Wildman–Crippen MR) is 84.7 cm³/mol. The third-order valence-corrected chi connectivity index (χ3v) is 4.26. The van der Waals surface area contributed by atoms with Gasteiger partial charge in [0.15, 0.2) is 5.16 Å². The molecule has 1 aromatic carbocycles. The van der Waals surface area contributed by atoms with E-state index in [2.05, 4.69) is 34.2 Å². The maximum Gasteiger partial charge on any atom is 0.249 e. The zero-order valence-electron chi connectivity index (χ0n) is 12.1. The van der Waals surface area contributed by atoms with Crippen LogP contribution in [-0.4, -0.2) is 25.0 Å². The summed E-state index contributed by atoms with van der Waals surface area (Å²) in [4.78, 5) is 0. The number of nitrogens with zero attached hydrogens (tertiary/aromatic N) is 5. The van der Waals surface area contributed by atoms with Gasteiger partial charge >= 0.3 is 0 Å². The number of thioether (sulfide) groups is 1. The van der Waals surface area contributed by atoms with Crippen molar-refractivity contribution in [1.82, 2.24) is 25.0 Å². The average molecular weight is 336 g/mol. The third kappa shape index (κ3) is 3.15. The Bertz CT molecular complexity index is 770. The van der Waals surface area contributed by atoms with Gasteiger partial charge in [0.1, 0.15) is 6.33 Å². The number of halogens is 1. The fourth-order valence-electron chi connectivity index (χ4n) is 1.87. The molecule has 0 amide bonds. The summed E-state index contributed by atoms with van der Waals surface area (Å²) < 4.78 is 7.66. The molecule has 8 heteroatoms. The second-order valence-corrected chi connectivity index (χ2v) is 6.23. The van der Waals surface area contributed by atoms with Gasteiger partial charge in [0.05, 0.1) is 16.3 Å². The average Bonchev–Trinajstić information content (AvgIpc) is 3.14. The molecule has 0 atom stereocenters. The molecule has 6 nitrogen and oxygen atoms in total. The van der Waals surface area contributed by atoms with Gasteiger partial charge in [-0.2, -0.15) is 0 Å². The number of hydrogen-bond acceptors (Lipinski definition) is 6. The highest BCUT2D eigenvalue weighted by molar-refractivity contribution is 7.98. The summed E-state index contributed by atoms with van der Waals surface area (Å²) in [5.41, 5.74) is 0.735. The first-order valence-electron chi connectivity index (χ1n) is 6.74. The monoisotopic (exact) mass is 335 g/mol. The molecule has 3 rings (SSSR count). The van der Waals surface area contributed by atoms with Crippen LogP contribution in [-0.2, 0) is 5.75 Å². The van der Waals surface area contributed by atoms with Crippen LogP contribution in [0.5, 0.6) is 0 Å². The molecule has 0 saturated carbocycles. The first kappa shape index (κ1) is 15.1. The van der Waals surface area contributed by atoms with Crippen molar-refractivity contribution in [2.45, 2.75) is 30.8 Å². The van der Waals surface area contributed by atoms with Gasteiger partial charge in [0.2, 0.25) is 11.8 Å². The molecule has 0 saturated heterocycles. The molecule has 2 heterocycles. The van der Waals surface area contributed by atoms with E-state index in [4.69, 9.17) is 16.0 Å². The highest BCUT2D eigenvalue weighted by Gasteiger charge is 2.14. The summed E-state index contributed by atoms with van der Waals surface area (Å²) in [6, 6.07) is 7.68. The Labute approximate surface area is 136 Å². The lowest BCUT2D eigenvalue weighted by Crippen LogP contribution is -2.00. The molecular weight excluding hydrogens is 322 g/mol. The minimum atomic E-state index is 0.305. The first-order chi connectivity index (χ1) is 10.6. The third-order valence-electron chi connectivity index (χ3n) is 2.99. The molecule has 114 valence electrons. The molecule has 2 aromatic heterocycles. The van der Waals surface area contributed by atoms with Gasteiger partial charge in [-0.05, 0) is 26.0 Å². The van der Waals surface area contributed by atoms with Crippen LogP contribution in [0.1, 0.15) is 25.8 Å². The van der Waals surface area contributed by atoms with Gasteiger partial charge in [0.25, 0.3) is 0 Å². The Morgan fingerprint density at radius 3 is 2.82 bits per heavy atom. The van der Waals surface area contributed by atoms with Crippen molar-refractivity contribution in [3.8, 4) is 11.5 Å². The van der Waals surface area contributed by atoms with E-state index in [-0.39, 0.29) is 0 Å². The highest BCUT2D eigenvalue weighted by atomic mass is 35.5. The van der Waals surface area contributed by atoms with Crippen molar-refractivity contribution in [1.29, 1.82) is 0 Å². The van der Waals surface area contributed by atoms with Crippen LogP contribution < -0.4 is 0 Å². The van der Waals surface area contributed by atoms with Crippen molar-refractivity contribution in [2.75, 3.05) is 0 Å². The molecule has 0 N–H and O–H groups in total. The van der Waals surface area contributed by atoms with Crippen LogP contribution in [0.25, 0.3) is 11.5 Å². The molecule has 0 aliphatic carbocycles. The van der Waals surface area contributed by atoms with Crippen LogP contribution in [0.4, 0.5) is 0 Å². The van der Waals surface area contributed by atoms with Crippen molar-refractivity contribution in [3.05, 3.63) is 41.5 Å². The maximum absolute atomic E-state index is 6.13. The second kappa shape index (κ2) is 6.50. The topological polar surface area (TPSA) is 69.6 Å². The number of aromatic nitrogens is 5. The maximum atomic E-state index is 6.13. The Morgan fingerprint density at radius 1 is 1.23 bits per heavy atom. The molecular formula is C14H14ClN5OS. The van der Waals surface area contributed by atoms with Crippen LogP contribution in [0.2, 0.25) is 5.02 Å². The molecule has 0 aliphatic heterocycles. The largest absolute Gasteiger partial charge is 0.420 e. The van der Waals surface area contributed by atoms with E-state index in [1.807, 2.05) is 22.8 Å². The van der Waals surface area contributed by atoms with Gasteiger partial charge < -0.3 is 8.98 Å². The van der Waals surface area contributed by atoms with Crippen LogP contribution in [0.3, 0.4) is 0 Å². The fourth-order valence-corrected chi connectivity index (χ4v) is 2.97. The number of benzene rings is 1. The highest BCUT2D eigenvalue weighted by Crippen LogP contribution is 2.28. The zero-order chi connectivity index (χ0) is 15.5. The van der Waals surface area contributed by atoms with Gasteiger partial charge in [-0.25, -0.2) is 0 Å². The smallest absolute Gasteiger partial charge is 0.249 e. The minimum Gasteiger partial charge on any atom is -0.420 e. The van der Waals surface area contributed by atoms with Crippen molar-refractivity contribution in [2.24, 2.45) is 0 Å². The second-order valence-electron chi connectivity index (χ2n) is 4.88. The number of rotatable bonds is 5. The van der Waals surface area contributed by atoms with Crippen molar-refractivity contribution < 1.29 is 4.42 Å². The lowest BCUT2D eigenvalue weighted by molar-refractivity contribution is 0.526. The van der Waals surface area contributed by atoms with E-state index in [1.54, 1.807) is 12.4 Å². The van der Waals surface area contributed by atoms with Crippen LogP contribution in [0, 0.1) is 0 Å². The lowest BCUT2D eigenvalue weighted by Gasteiger charge is -2.08. The van der Waals surface area contributed by atoms with E-state index in [9.17, 15) is 0 Å². The number of hydrogen-bond donors (Lipinski definition) is 0. The van der Waals surface area contributed by atoms with Crippen LogP contribution in [0.15, 0.2) is 40.2 Å². The summed E-state index contributed by atoms with van der Waals surface area (Å²) >= 11 is 7.64. The van der Waals surface area contributed by atoms with Gasteiger partial charge in [-0.15, -0.1) is 20.4 Å². The van der Waals surface area contributed by atoms with Crippen molar-refractivity contribution >= 4 is 23.4 Å². The van der Waals surface area contributed by atoms with E-state index >= 15 is 0 Å². The Balaban J connectivity index is 1.73. The summed E-state index contributed by atoms with van der Waals surface area (Å²) in [5.74, 6) is 1.48. The summed E-state index contributed by atoms with van der Waals surface area (Å²) in [6.45, 7) is 4.16. The molecule has 0 bridgehead atoms. The van der Waals surface area contributed by atoms with Gasteiger partial charge in [-0.3, -0.25) is 0 Å². The van der Waals surface area contributed by atoms with E-state index in [0.717, 1.165) is 10.7 Å². The van der Waals surface area contributed by atoms with E-state index < -0.39 is 0 Å². The van der Waals surface area contributed by atoms with E-state index in [1.165, 1.54) is 11.8 Å². The fraction of sp³-hybridized carbons (Fsp3) is 0.286. The quantitative estimate of drug-likeness (QED) is 0.659. The standard InChI is InChI=1S/C14H14ClN5OS/c1-9(2)20-8-16-19-14(20)22-7-12-17-18-13(21-12)10-5-3-4-6-11(10)15/h3-6,8-9H,7H2,1-2H3. The van der Waals surface area contributed by atoms with Crippen molar-refractivity contribution in [3.63, 3.8) is 0 Å². The molecule has 3 aromatic rings.